The van der Waals surface area contributed by atoms with Gasteiger partial charge in [0, 0.05) is 5.56 Å². The maximum absolute atomic E-state index is 12.0. The highest BCUT2D eigenvalue weighted by atomic mass is 32.9. The lowest BCUT2D eigenvalue weighted by Gasteiger charge is -2.00. The van der Waals surface area contributed by atoms with Crippen molar-refractivity contribution in [2.75, 3.05) is 0 Å². The topological polar surface area (TPSA) is 37.3 Å². The standard InChI is InChI=1S/C14H12O2S2/c15-18(16,14-9-5-2-6-10-14)17-12-11-13-7-3-1-4-8-13/h1-10,17H,(H,15,16). The van der Waals surface area contributed by atoms with Crippen molar-refractivity contribution < 1.29 is 8.76 Å². The Morgan fingerprint density at radius 1 is 0.944 bits per heavy atom. The minimum absolute atomic E-state index is 0.216. The van der Waals surface area contributed by atoms with Gasteiger partial charge in [-0.2, -0.15) is 0 Å². The Labute approximate surface area is 110 Å². The molecule has 2 aromatic rings. The fourth-order valence-corrected chi connectivity index (χ4v) is 3.43. The van der Waals surface area contributed by atoms with Gasteiger partial charge in [-0.25, -0.2) is 4.21 Å². The van der Waals surface area contributed by atoms with E-state index >= 15 is 0 Å². The largest absolute Gasteiger partial charge is 0.305 e. The molecule has 4 heteroatoms. The van der Waals surface area contributed by atoms with Crippen LogP contribution in [0.2, 0.25) is 0 Å². The van der Waals surface area contributed by atoms with Gasteiger partial charge in [0.2, 0.25) is 0 Å². The van der Waals surface area contributed by atoms with Gasteiger partial charge in [-0.15, -0.1) is 0 Å². The molecule has 0 aliphatic heterocycles. The molecule has 18 heavy (non-hydrogen) atoms. The predicted molar refractivity (Wildman–Crippen MR) is 77.6 cm³/mol. The highest BCUT2D eigenvalue weighted by molar-refractivity contribution is 8.38. The molecule has 1 atom stereocenters. The van der Waals surface area contributed by atoms with Crippen LogP contribution in [0.25, 0.3) is 0 Å². The average Bonchev–Trinajstić information content (AvgIpc) is 2.41. The predicted octanol–water partition coefficient (Wildman–Crippen LogP) is 2.54. The van der Waals surface area contributed by atoms with Crippen molar-refractivity contribution in [1.82, 2.24) is 0 Å². The van der Waals surface area contributed by atoms with Crippen molar-refractivity contribution >= 4 is 19.1 Å². The molecule has 2 rings (SSSR count). The zero-order valence-corrected chi connectivity index (χ0v) is 11.2. The molecule has 0 aliphatic carbocycles. The molecule has 1 N–H and O–H groups in total. The Morgan fingerprint density at radius 3 is 2.11 bits per heavy atom. The molecule has 0 amide bonds. The van der Waals surface area contributed by atoms with E-state index in [-0.39, 0.29) is 10.3 Å². The van der Waals surface area contributed by atoms with E-state index in [1.165, 1.54) is 0 Å². The van der Waals surface area contributed by atoms with Gasteiger partial charge in [-0.1, -0.05) is 42.3 Å². The van der Waals surface area contributed by atoms with Crippen LogP contribution in [0.15, 0.2) is 65.6 Å². The van der Waals surface area contributed by atoms with E-state index < -0.39 is 8.77 Å². The van der Waals surface area contributed by atoms with Crippen LogP contribution >= 0.6 is 0 Å². The van der Waals surface area contributed by atoms with Crippen molar-refractivity contribution in [2.24, 2.45) is 0 Å². The van der Waals surface area contributed by atoms with Gasteiger partial charge in [0.1, 0.15) is 8.77 Å². The van der Waals surface area contributed by atoms with E-state index in [2.05, 4.69) is 11.2 Å². The Kier molecular flexibility index (Phi) is 4.21. The third kappa shape index (κ3) is 3.47. The second-order valence-corrected chi connectivity index (χ2v) is 7.41. The fraction of sp³-hybridized carbons (Fsp3) is 0. The van der Waals surface area contributed by atoms with Crippen molar-refractivity contribution in [3.05, 3.63) is 66.2 Å². The zero-order valence-electron chi connectivity index (χ0n) is 9.48. The highest BCUT2D eigenvalue weighted by Gasteiger charge is 2.03. The molecule has 92 valence electrons. The van der Waals surface area contributed by atoms with Crippen LogP contribution in [0.5, 0.6) is 0 Å². The van der Waals surface area contributed by atoms with Crippen molar-refractivity contribution in [3.8, 4) is 11.2 Å². The van der Waals surface area contributed by atoms with Crippen molar-refractivity contribution in [2.45, 2.75) is 4.90 Å². The number of thiol groups is 1. The van der Waals surface area contributed by atoms with Gasteiger partial charge < -0.3 is 4.55 Å². The van der Waals surface area contributed by atoms with E-state index in [9.17, 15) is 8.76 Å². The molecule has 1 unspecified atom stereocenters. The first-order valence-electron chi connectivity index (χ1n) is 5.28. The average molecular weight is 276 g/mol. The Morgan fingerprint density at radius 2 is 1.50 bits per heavy atom. The summed E-state index contributed by atoms with van der Waals surface area (Å²) < 4.78 is 21.9. The van der Waals surface area contributed by atoms with Crippen LogP contribution in [-0.4, -0.2) is 8.76 Å². The van der Waals surface area contributed by atoms with E-state index in [0.29, 0.717) is 4.90 Å². The molecular weight excluding hydrogens is 264 g/mol. The molecular formula is C14H12O2S2. The first kappa shape index (κ1) is 12.9. The summed E-state index contributed by atoms with van der Waals surface area (Å²) in [6, 6.07) is 18.0. The number of hydrogen-bond acceptors (Lipinski definition) is 1. The molecule has 0 aliphatic rings. The third-order valence-electron chi connectivity index (χ3n) is 2.19. The van der Waals surface area contributed by atoms with E-state index in [1.54, 1.807) is 24.3 Å². The molecule has 0 spiro atoms. The van der Waals surface area contributed by atoms with E-state index in [0.717, 1.165) is 5.56 Å². The first-order chi connectivity index (χ1) is 8.68. The van der Waals surface area contributed by atoms with Crippen LogP contribution in [0.4, 0.5) is 0 Å². The van der Waals surface area contributed by atoms with Gasteiger partial charge in [0.25, 0.3) is 0 Å². The molecule has 0 radical (unpaired) electrons. The van der Waals surface area contributed by atoms with Crippen LogP contribution < -0.4 is 0 Å². The maximum Gasteiger partial charge on any atom is 0.141 e. The van der Waals surface area contributed by atoms with Gasteiger partial charge in [-0.05, 0) is 39.8 Å². The molecule has 2 nitrogen and oxygen atoms in total. The number of hydrogen-bond donors (Lipinski definition) is 2. The van der Waals surface area contributed by atoms with Gasteiger partial charge in [0.05, 0.1) is 4.90 Å². The van der Waals surface area contributed by atoms with Crippen LogP contribution in [-0.2, 0) is 19.1 Å². The Hall–Kier alpha value is -1.54. The van der Waals surface area contributed by atoms with Gasteiger partial charge in [0.15, 0.2) is 0 Å². The summed E-state index contributed by atoms with van der Waals surface area (Å²) in [7, 11) is -2.87. The summed E-state index contributed by atoms with van der Waals surface area (Å²) in [6.07, 6.45) is 0. The zero-order chi connectivity index (χ0) is 12.8. The number of rotatable bonds is 1. The summed E-state index contributed by atoms with van der Waals surface area (Å²) in [5.41, 5.74) is 0.841. The minimum atomic E-state index is -3.08. The van der Waals surface area contributed by atoms with Crippen molar-refractivity contribution in [1.29, 1.82) is 0 Å². The van der Waals surface area contributed by atoms with Gasteiger partial charge >= 0.3 is 0 Å². The summed E-state index contributed by atoms with van der Waals surface area (Å²) in [4.78, 5) is 0.411. The number of benzene rings is 2. The van der Waals surface area contributed by atoms with Gasteiger partial charge in [-0.3, -0.25) is 0 Å². The summed E-state index contributed by atoms with van der Waals surface area (Å²) in [5, 5.41) is 2.74. The molecule has 0 fully saturated rings. The monoisotopic (exact) mass is 276 g/mol. The molecule has 0 bridgehead atoms. The summed E-state index contributed by atoms with van der Waals surface area (Å²) in [5.74, 6) is 2.87. The summed E-state index contributed by atoms with van der Waals surface area (Å²) in [6.45, 7) is 0. The van der Waals surface area contributed by atoms with Crippen molar-refractivity contribution in [3.63, 3.8) is 0 Å². The lowest BCUT2D eigenvalue weighted by Crippen LogP contribution is -1.98. The fourth-order valence-electron chi connectivity index (χ4n) is 1.32. The SMILES string of the molecule is O=S(O)(=[SH]C#Cc1ccccc1)c1ccccc1. The van der Waals surface area contributed by atoms with E-state index in [1.807, 2.05) is 36.4 Å². The first-order valence-corrected chi connectivity index (χ1v) is 8.30. The third-order valence-corrected chi connectivity index (χ3v) is 5.18. The second kappa shape index (κ2) is 5.87. The van der Waals surface area contributed by atoms with Crippen LogP contribution in [0.1, 0.15) is 5.56 Å². The quantitative estimate of drug-likeness (QED) is 0.620. The lowest BCUT2D eigenvalue weighted by atomic mass is 10.2. The van der Waals surface area contributed by atoms with Crippen LogP contribution in [0.3, 0.4) is 0 Å². The normalized spacial score (nSPS) is 13.2. The molecule has 2 aromatic carbocycles. The Balaban J connectivity index is 2.30. The second-order valence-electron chi connectivity index (χ2n) is 3.50. The molecule has 0 aromatic heterocycles. The van der Waals surface area contributed by atoms with Crippen LogP contribution in [0, 0.1) is 11.2 Å². The molecule has 0 saturated carbocycles. The van der Waals surface area contributed by atoms with E-state index in [4.69, 9.17) is 0 Å². The highest BCUT2D eigenvalue weighted by Crippen LogP contribution is 2.08. The lowest BCUT2D eigenvalue weighted by molar-refractivity contribution is 0.561. The minimum Gasteiger partial charge on any atom is -0.305 e. The smallest absolute Gasteiger partial charge is 0.141 e. The molecule has 0 saturated heterocycles. The summed E-state index contributed by atoms with van der Waals surface area (Å²) >= 11 is 0. The maximum atomic E-state index is 12.0. The molecule has 0 heterocycles. The Bertz CT molecular complexity index is 689.